The maximum absolute atomic E-state index is 12.7. The van der Waals surface area contributed by atoms with Crippen molar-refractivity contribution in [2.45, 2.75) is 33.6 Å². The third kappa shape index (κ3) is 7.20. The highest BCUT2D eigenvalue weighted by atomic mass is 35.5. The van der Waals surface area contributed by atoms with Crippen LogP contribution in [0, 0.1) is 12.3 Å². The van der Waals surface area contributed by atoms with E-state index in [9.17, 15) is 4.79 Å². The van der Waals surface area contributed by atoms with Gasteiger partial charge < -0.3 is 18.9 Å². The van der Waals surface area contributed by atoms with Crippen molar-refractivity contribution in [3.63, 3.8) is 0 Å². The van der Waals surface area contributed by atoms with Crippen molar-refractivity contribution < 1.29 is 23.7 Å². The molecule has 2 aliphatic heterocycles. The number of hydrogen-bond acceptors (Lipinski definition) is 8. The Morgan fingerprint density at radius 2 is 1.82 bits per heavy atom. The monoisotopic (exact) mass is 570 g/mol. The molecule has 0 aliphatic carbocycles. The van der Waals surface area contributed by atoms with Crippen molar-refractivity contribution in [3.8, 4) is 17.2 Å². The molecule has 2 aromatic rings. The summed E-state index contributed by atoms with van der Waals surface area (Å²) < 4.78 is 23.0. The lowest BCUT2D eigenvalue weighted by atomic mass is 10.1. The maximum atomic E-state index is 12.7. The average molecular weight is 571 g/mol. The normalized spacial score (nSPS) is 15.8. The lowest BCUT2D eigenvalue weighted by Crippen LogP contribution is -2.35. The van der Waals surface area contributed by atoms with Crippen LogP contribution in [0.3, 0.4) is 0 Å². The molecule has 2 aliphatic rings. The van der Waals surface area contributed by atoms with E-state index < -0.39 is 5.91 Å². The summed E-state index contributed by atoms with van der Waals surface area (Å²) in [5, 5.41) is 15.9. The quantitative estimate of drug-likeness (QED) is 0.234. The van der Waals surface area contributed by atoms with Gasteiger partial charge in [0.1, 0.15) is 24.0 Å². The number of nitrogens with zero attached hydrogens (tertiary/aromatic N) is 3. The predicted molar refractivity (Wildman–Crippen MR) is 156 cm³/mol. The fourth-order valence-corrected chi connectivity index (χ4v) is 5.08. The molecule has 2 aromatic carbocycles. The van der Waals surface area contributed by atoms with E-state index in [0.717, 1.165) is 29.2 Å². The predicted octanol–water partition coefficient (Wildman–Crippen LogP) is 5.94. The average Bonchev–Trinajstić information content (AvgIpc) is 3.31. The van der Waals surface area contributed by atoms with Gasteiger partial charge in [-0.2, -0.15) is 15.1 Å². The van der Waals surface area contributed by atoms with Crippen LogP contribution in [0.2, 0.25) is 5.02 Å². The van der Waals surface area contributed by atoms with Gasteiger partial charge >= 0.3 is 0 Å². The number of hydrogen-bond donors (Lipinski definition) is 1. The second-order valence-electron chi connectivity index (χ2n) is 8.60. The third-order valence-electron chi connectivity index (χ3n) is 5.66. The minimum Gasteiger partial charge on any atom is -0.491 e. The van der Waals surface area contributed by atoms with Crippen LogP contribution in [-0.4, -0.2) is 60.0 Å². The van der Waals surface area contributed by atoms with Gasteiger partial charge in [-0.15, -0.1) is 0 Å². The van der Waals surface area contributed by atoms with Crippen LogP contribution >= 0.6 is 23.4 Å². The number of carbonyl (C=O) groups is 1. The van der Waals surface area contributed by atoms with Crippen LogP contribution in [0.1, 0.15) is 37.8 Å². The molecule has 39 heavy (non-hydrogen) atoms. The molecule has 1 amide bonds. The first-order valence-corrected chi connectivity index (χ1v) is 13.9. The summed E-state index contributed by atoms with van der Waals surface area (Å²) in [5.41, 5.74) is 1.77. The van der Waals surface area contributed by atoms with Crippen LogP contribution < -0.4 is 14.2 Å². The second kappa shape index (κ2) is 13.6. The third-order valence-corrected chi connectivity index (χ3v) is 6.90. The number of amides is 1. The van der Waals surface area contributed by atoms with Crippen molar-refractivity contribution in [3.05, 3.63) is 58.1 Å². The van der Waals surface area contributed by atoms with Gasteiger partial charge in [0.25, 0.3) is 5.91 Å². The zero-order chi connectivity index (χ0) is 27.8. The van der Waals surface area contributed by atoms with Gasteiger partial charge in [0.05, 0.1) is 30.4 Å². The van der Waals surface area contributed by atoms with Crippen LogP contribution in [-0.2, 0) is 9.53 Å². The Labute approximate surface area is 237 Å². The summed E-state index contributed by atoms with van der Waals surface area (Å²) in [4.78, 5) is 16.9. The number of hydrazone groups is 1. The van der Waals surface area contributed by atoms with Gasteiger partial charge in [0, 0.05) is 0 Å². The van der Waals surface area contributed by atoms with Crippen LogP contribution in [0.4, 0.5) is 0 Å². The van der Waals surface area contributed by atoms with Gasteiger partial charge in [-0.3, -0.25) is 10.2 Å². The van der Waals surface area contributed by atoms with E-state index in [0.29, 0.717) is 53.7 Å². The van der Waals surface area contributed by atoms with Gasteiger partial charge in [0.2, 0.25) is 5.17 Å². The molecule has 2 heterocycles. The summed E-state index contributed by atoms with van der Waals surface area (Å²) in [6, 6.07) is 11.2. The molecule has 0 unspecified atom stereocenters. The summed E-state index contributed by atoms with van der Waals surface area (Å²) in [7, 11) is 0. The van der Waals surface area contributed by atoms with Gasteiger partial charge in [-0.25, -0.2) is 0 Å². The van der Waals surface area contributed by atoms with Crippen molar-refractivity contribution in [1.29, 1.82) is 5.41 Å². The fourth-order valence-electron chi connectivity index (χ4n) is 3.82. The largest absolute Gasteiger partial charge is 0.491 e. The number of amidine groups is 2. The zero-order valence-corrected chi connectivity index (χ0v) is 23.7. The minimum absolute atomic E-state index is 0.0263. The Kier molecular flexibility index (Phi) is 10.0. The lowest BCUT2D eigenvalue weighted by molar-refractivity contribution is -0.114. The minimum atomic E-state index is -0.496. The Morgan fingerprint density at radius 1 is 1.05 bits per heavy atom. The molecule has 0 saturated carbocycles. The van der Waals surface area contributed by atoms with E-state index in [2.05, 4.69) is 10.1 Å². The van der Waals surface area contributed by atoms with Crippen molar-refractivity contribution >= 4 is 51.4 Å². The molecule has 4 rings (SSSR count). The second-order valence-corrected chi connectivity index (χ2v) is 10.0. The number of aliphatic imine (C=N–C) groups is 1. The standard InChI is InChI=1S/C28H31ClN4O5S/c1-4-8-24-32-33-26(30)20(27(34)31-28(33)39-24)15-19-16-21(29)25(23(17-19)36-5-2)38-14-12-35-11-13-37-22-10-7-6-9-18(22)3/h6-7,9-10,15-17,30H,4-5,8,11-14H2,1-3H3/b20-15-,30-26?. The highest BCUT2D eigenvalue weighted by Gasteiger charge is 2.35. The van der Waals surface area contributed by atoms with E-state index in [4.69, 9.17) is 36.0 Å². The molecular formula is C28H31ClN4O5S. The van der Waals surface area contributed by atoms with Crippen molar-refractivity contribution in [2.75, 3.05) is 33.0 Å². The number of aryl methyl sites for hydroxylation is 1. The Hall–Kier alpha value is -3.34. The van der Waals surface area contributed by atoms with Gasteiger partial charge in [0.15, 0.2) is 17.3 Å². The van der Waals surface area contributed by atoms with Crippen LogP contribution in [0.25, 0.3) is 6.08 Å². The molecule has 1 N–H and O–H groups in total. The summed E-state index contributed by atoms with van der Waals surface area (Å²) in [6.07, 6.45) is 3.25. The number of thioether (sulfide) groups is 1. The summed E-state index contributed by atoms with van der Waals surface area (Å²) in [5.74, 6) is 1.13. The Morgan fingerprint density at radius 3 is 2.56 bits per heavy atom. The van der Waals surface area contributed by atoms with Crippen molar-refractivity contribution in [1.82, 2.24) is 5.01 Å². The molecule has 0 atom stereocenters. The zero-order valence-electron chi connectivity index (χ0n) is 22.2. The Bertz CT molecular complexity index is 1330. The molecule has 11 heteroatoms. The molecule has 206 valence electrons. The van der Waals surface area contributed by atoms with Gasteiger partial charge in [-0.1, -0.05) is 36.7 Å². The highest BCUT2D eigenvalue weighted by Crippen LogP contribution is 2.38. The number of fused-ring (bicyclic) bond motifs is 1. The number of carbonyl (C=O) groups excluding carboxylic acids is 1. The number of nitrogens with one attached hydrogen (secondary N) is 1. The first kappa shape index (κ1) is 28.7. The van der Waals surface area contributed by atoms with E-state index in [1.807, 2.05) is 45.0 Å². The molecule has 0 bridgehead atoms. The van der Waals surface area contributed by atoms with Crippen LogP contribution in [0.5, 0.6) is 17.2 Å². The lowest BCUT2D eigenvalue weighted by Gasteiger charge is -2.20. The first-order valence-electron chi connectivity index (χ1n) is 12.8. The number of halogens is 1. The van der Waals surface area contributed by atoms with Gasteiger partial charge in [-0.05, 0) is 73.9 Å². The van der Waals surface area contributed by atoms with E-state index in [1.165, 1.54) is 16.8 Å². The van der Waals surface area contributed by atoms with Crippen LogP contribution in [0.15, 0.2) is 52.1 Å². The molecular weight excluding hydrogens is 540 g/mol. The first-order chi connectivity index (χ1) is 18.9. The fraction of sp³-hybridized carbons (Fsp3) is 0.357. The maximum Gasteiger partial charge on any atom is 0.283 e. The number of rotatable bonds is 13. The summed E-state index contributed by atoms with van der Waals surface area (Å²) >= 11 is 7.88. The Balaban J connectivity index is 1.37. The molecule has 0 fully saturated rings. The summed E-state index contributed by atoms with van der Waals surface area (Å²) in [6.45, 7) is 7.74. The molecule has 0 spiro atoms. The topological polar surface area (TPSA) is 106 Å². The SMILES string of the molecule is CCCC1=NN2C(=N)/C(=C/c3cc(Cl)c(OCCOCCOc4ccccc4C)c(OCC)c3)C(=O)N=C2S1. The molecule has 0 aromatic heterocycles. The van der Waals surface area contributed by atoms with Crippen molar-refractivity contribution in [2.24, 2.45) is 10.1 Å². The van der Waals surface area contributed by atoms with E-state index in [-0.39, 0.29) is 18.0 Å². The van der Waals surface area contributed by atoms with E-state index in [1.54, 1.807) is 18.2 Å². The number of ether oxygens (including phenoxy) is 4. The number of benzene rings is 2. The number of para-hydroxylation sites is 1. The molecule has 0 radical (unpaired) electrons. The molecule has 0 saturated heterocycles. The highest BCUT2D eigenvalue weighted by molar-refractivity contribution is 8.26. The van der Waals surface area contributed by atoms with E-state index >= 15 is 0 Å². The smallest absolute Gasteiger partial charge is 0.283 e. The molecule has 9 nitrogen and oxygen atoms in total.